The van der Waals surface area contributed by atoms with Gasteiger partial charge in [-0.2, -0.15) is 0 Å². The van der Waals surface area contributed by atoms with E-state index >= 15 is 0 Å². The van der Waals surface area contributed by atoms with E-state index < -0.39 is 24.1 Å². The van der Waals surface area contributed by atoms with E-state index in [1.54, 1.807) is 13.8 Å². The number of rotatable bonds is 16. The number of ether oxygens (including phenoxy) is 4. The number of alkyl carbamates (subject to hydrolysis) is 2. The lowest BCUT2D eigenvalue weighted by Gasteiger charge is -2.06. The molecule has 2 N–H and O–H groups in total. The van der Waals surface area contributed by atoms with Gasteiger partial charge >= 0.3 is 24.1 Å². The molecule has 0 aromatic carbocycles. The molecular formula is C28H36N2O8. The summed E-state index contributed by atoms with van der Waals surface area (Å²) in [7, 11) is 0. The molecule has 0 aliphatic carbocycles. The van der Waals surface area contributed by atoms with Crippen LogP contribution >= 0.6 is 0 Å². The fourth-order valence-electron chi connectivity index (χ4n) is 2.47. The van der Waals surface area contributed by atoms with Crippen LogP contribution in [0.3, 0.4) is 0 Å². The van der Waals surface area contributed by atoms with Crippen LogP contribution in [0.1, 0.15) is 65.2 Å². The SMILES string of the molecule is CCOC(=O)CNC(=O)OCCCCCC#CC#CC#CC#CCCCCCOC(=O)NCC(=O)OCC. The second-order valence-corrected chi connectivity index (χ2v) is 7.31. The predicted molar refractivity (Wildman–Crippen MR) is 140 cm³/mol. The molecule has 0 aliphatic heterocycles. The molecule has 0 aromatic rings. The van der Waals surface area contributed by atoms with Gasteiger partial charge in [-0.3, -0.25) is 9.59 Å². The van der Waals surface area contributed by atoms with Crippen LogP contribution in [0.4, 0.5) is 9.59 Å². The Kier molecular flexibility index (Phi) is 22.9. The zero-order chi connectivity index (χ0) is 28.1. The fraction of sp³-hybridized carbons (Fsp3) is 0.571. The van der Waals surface area contributed by atoms with Crippen LogP contribution in [0.15, 0.2) is 0 Å². The average Bonchev–Trinajstić information content (AvgIpc) is 2.90. The second-order valence-electron chi connectivity index (χ2n) is 7.31. The highest BCUT2D eigenvalue weighted by atomic mass is 16.6. The topological polar surface area (TPSA) is 129 Å². The van der Waals surface area contributed by atoms with Crippen molar-refractivity contribution in [3.8, 4) is 47.4 Å². The van der Waals surface area contributed by atoms with E-state index in [0.29, 0.717) is 25.7 Å². The second kappa shape index (κ2) is 25.8. The third kappa shape index (κ3) is 24.8. The Bertz CT molecular complexity index is 897. The summed E-state index contributed by atoms with van der Waals surface area (Å²) in [6, 6.07) is 0. The minimum atomic E-state index is -0.641. The maximum absolute atomic E-state index is 11.4. The number of unbranched alkanes of at least 4 members (excludes halogenated alkanes) is 6. The van der Waals surface area contributed by atoms with E-state index in [1.165, 1.54) is 0 Å². The molecule has 0 saturated carbocycles. The standard InChI is InChI=1S/C28H36N2O8/c1-3-35-25(31)23-29-27(33)37-21-19-17-15-13-11-9-7-5-6-8-10-12-14-16-18-20-22-38-28(34)30-24-26(32)36-4-2/h3-4,13-24H2,1-2H3,(H,29,33)(H,30,34). The molecule has 0 aliphatic rings. The number of amides is 2. The molecule has 206 valence electrons. The summed E-state index contributed by atoms with van der Waals surface area (Å²) >= 11 is 0. The maximum Gasteiger partial charge on any atom is 0.407 e. The molecule has 0 spiro atoms. The molecule has 0 saturated heterocycles. The monoisotopic (exact) mass is 528 g/mol. The molecule has 2 amide bonds. The van der Waals surface area contributed by atoms with Crippen molar-refractivity contribution in [3.63, 3.8) is 0 Å². The summed E-state index contributed by atoms with van der Waals surface area (Å²) in [5.41, 5.74) is 0. The molecule has 10 heteroatoms. The minimum absolute atomic E-state index is 0.205. The summed E-state index contributed by atoms with van der Waals surface area (Å²) in [6.07, 6.45) is 4.89. The Morgan fingerprint density at radius 1 is 0.526 bits per heavy atom. The van der Waals surface area contributed by atoms with E-state index in [2.05, 4.69) is 58.0 Å². The average molecular weight is 529 g/mol. The first-order valence-electron chi connectivity index (χ1n) is 12.6. The van der Waals surface area contributed by atoms with Crippen LogP contribution in [0.2, 0.25) is 0 Å². The van der Waals surface area contributed by atoms with Crippen LogP contribution in [-0.2, 0) is 28.5 Å². The third-order valence-corrected chi connectivity index (χ3v) is 4.21. The fourth-order valence-corrected chi connectivity index (χ4v) is 2.47. The lowest BCUT2D eigenvalue weighted by molar-refractivity contribution is -0.142. The van der Waals surface area contributed by atoms with Crippen molar-refractivity contribution in [1.82, 2.24) is 10.6 Å². The van der Waals surface area contributed by atoms with Gasteiger partial charge in [0.1, 0.15) is 13.1 Å². The molecule has 10 nitrogen and oxygen atoms in total. The van der Waals surface area contributed by atoms with Crippen molar-refractivity contribution in [1.29, 1.82) is 0 Å². The van der Waals surface area contributed by atoms with E-state index in [-0.39, 0.29) is 39.5 Å². The van der Waals surface area contributed by atoms with Gasteiger partial charge in [-0.15, -0.1) is 0 Å². The number of nitrogens with one attached hydrogen (secondary N) is 2. The van der Waals surface area contributed by atoms with Gasteiger partial charge in [0.15, 0.2) is 0 Å². The van der Waals surface area contributed by atoms with Gasteiger partial charge in [0, 0.05) is 12.8 Å². The number of esters is 2. The Morgan fingerprint density at radius 3 is 1.32 bits per heavy atom. The Morgan fingerprint density at radius 2 is 0.921 bits per heavy atom. The number of hydrogen-bond donors (Lipinski definition) is 2. The highest BCUT2D eigenvalue weighted by molar-refractivity contribution is 5.78. The molecule has 0 rings (SSSR count). The molecule has 0 unspecified atom stereocenters. The first-order chi connectivity index (χ1) is 18.5. The van der Waals surface area contributed by atoms with Crippen LogP contribution < -0.4 is 10.6 Å². The summed E-state index contributed by atoms with van der Waals surface area (Å²) in [4.78, 5) is 45.0. The van der Waals surface area contributed by atoms with E-state index in [4.69, 9.17) is 18.9 Å². The predicted octanol–water partition coefficient (Wildman–Crippen LogP) is 2.70. The zero-order valence-electron chi connectivity index (χ0n) is 22.2. The number of carbonyl (C=O) groups is 4. The quantitative estimate of drug-likeness (QED) is 0.135. The molecule has 0 fully saturated rings. The first-order valence-corrected chi connectivity index (χ1v) is 12.6. The van der Waals surface area contributed by atoms with Crippen LogP contribution in [0, 0.1) is 47.4 Å². The van der Waals surface area contributed by atoms with Gasteiger partial charge in [-0.25, -0.2) is 9.59 Å². The molecule has 0 bridgehead atoms. The number of carbonyl (C=O) groups excluding carboxylic acids is 4. The lowest BCUT2D eigenvalue weighted by Crippen LogP contribution is -2.31. The highest BCUT2D eigenvalue weighted by Gasteiger charge is 2.07. The van der Waals surface area contributed by atoms with Gasteiger partial charge in [0.25, 0.3) is 0 Å². The summed E-state index contributed by atoms with van der Waals surface area (Å²) in [6.45, 7) is 4.04. The van der Waals surface area contributed by atoms with Crippen molar-refractivity contribution < 1.29 is 38.1 Å². The van der Waals surface area contributed by atoms with Crippen molar-refractivity contribution in [2.45, 2.75) is 65.2 Å². The Balaban J connectivity index is 3.67. The molecule has 0 atom stereocenters. The van der Waals surface area contributed by atoms with E-state index in [0.717, 1.165) is 25.7 Å². The van der Waals surface area contributed by atoms with Crippen molar-refractivity contribution in [3.05, 3.63) is 0 Å². The van der Waals surface area contributed by atoms with Crippen LogP contribution in [-0.4, -0.2) is 63.6 Å². The van der Waals surface area contributed by atoms with Gasteiger partial charge in [-0.1, -0.05) is 11.8 Å². The normalized spacial score (nSPS) is 8.79. The van der Waals surface area contributed by atoms with Gasteiger partial charge in [-0.05, 0) is 87.9 Å². The van der Waals surface area contributed by atoms with Crippen molar-refractivity contribution in [2.75, 3.05) is 39.5 Å². The van der Waals surface area contributed by atoms with Gasteiger partial charge in [0.2, 0.25) is 0 Å². The molecule has 0 heterocycles. The summed E-state index contributed by atoms with van der Waals surface area (Å²) < 4.78 is 19.3. The van der Waals surface area contributed by atoms with Gasteiger partial charge < -0.3 is 29.6 Å². The molecule has 0 radical (unpaired) electrons. The summed E-state index contributed by atoms with van der Waals surface area (Å²) in [5.74, 6) is 20.9. The smallest absolute Gasteiger partial charge is 0.407 e. The third-order valence-electron chi connectivity index (χ3n) is 4.21. The van der Waals surface area contributed by atoms with Crippen LogP contribution in [0.5, 0.6) is 0 Å². The molecule has 0 aromatic heterocycles. The van der Waals surface area contributed by atoms with Gasteiger partial charge in [0.05, 0.1) is 26.4 Å². The first kappa shape index (κ1) is 33.7. The lowest BCUT2D eigenvalue weighted by atomic mass is 10.2. The summed E-state index contributed by atoms with van der Waals surface area (Å²) in [5, 5.41) is 4.64. The van der Waals surface area contributed by atoms with E-state index in [1.807, 2.05) is 0 Å². The van der Waals surface area contributed by atoms with Crippen molar-refractivity contribution >= 4 is 24.1 Å². The Labute approximate surface area is 225 Å². The highest BCUT2D eigenvalue weighted by Crippen LogP contribution is 2.00. The Hall–Kier alpha value is -4.28. The maximum atomic E-state index is 11.4. The molecule has 38 heavy (non-hydrogen) atoms. The molecular weight excluding hydrogens is 492 g/mol. The zero-order valence-corrected chi connectivity index (χ0v) is 22.2. The number of hydrogen-bond acceptors (Lipinski definition) is 8. The minimum Gasteiger partial charge on any atom is -0.465 e. The van der Waals surface area contributed by atoms with E-state index in [9.17, 15) is 19.2 Å². The van der Waals surface area contributed by atoms with Crippen LogP contribution in [0.25, 0.3) is 0 Å². The van der Waals surface area contributed by atoms with Crippen molar-refractivity contribution in [2.24, 2.45) is 0 Å². The largest absolute Gasteiger partial charge is 0.465 e.